The number of rotatable bonds is 0. The Morgan fingerprint density at radius 1 is 1.71 bits per heavy atom. The molecule has 0 radical (unpaired) electrons. The molecule has 4 nitrogen and oxygen atoms in total. The molecule has 0 aliphatic carbocycles. The summed E-state index contributed by atoms with van der Waals surface area (Å²) in [7, 11) is 0. The predicted molar refractivity (Wildman–Crippen MR) is 25.7 cm³/mol. The molecule has 0 aromatic carbocycles. The van der Waals surface area contributed by atoms with Gasteiger partial charge in [0.1, 0.15) is 0 Å². The van der Waals surface area contributed by atoms with Crippen LogP contribution in [0.5, 0.6) is 0 Å². The molecule has 5 heteroatoms. The lowest BCUT2D eigenvalue weighted by Gasteiger charge is -1.67. The van der Waals surface area contributed by atoms with Crippen molar-refractivity contribution in [3.05, 3.63) is 0 Å². The molecular formula is C2H2N2O2S. The molecule has 38 valence electrons. The van der Waals surface area contributed by atoms with Gasteiger partial charge in [-0.15, -0.1) is 4.36 Å². The first-order valence-electron chi connectivity index (χ1n) is 1.28. The number of nitriles is 1. The summed E-state index contributed by atoms with van der Waals surface area (Å²) in [4.78, 5) is 0. The van der Waals surface area contributed by atoms with Gasteiger partial charge in [0.25, 0.3) is 5.24 Å². The van der Waals surface area contributed by atoms with Gasteiger partial charge in [-0.1, -0.05) is 0 Å². The molecule has 0 saturated heterocycles. The number of hydrogen-bond acceptors (Lipinski definition) is 2. The lowest BCUT2D eigenvalue weighted by molar-refractivity contribution is 0.385. The van der Waals surface area contributed by atoms with Crippen LogP contribution in [-0.2, 0) is 11.1 Å². The van der Waals surface area contributed by atoms with Crippen molar-refractivity contribution in [3.63, 3.8) is 0 Å². The Morgan fingerprint density at radius 2 is 2.29 bits per heavy atom. The smallest absolute Gasteiger partial charge is 0.256 e. The van der Waals surface area contributed by atoms with Gasteiger partial charge in [0.05, 0.1) is 0 Å². The second-order valence-electron chi connectivity index (χ2n) is 0.565. The van der Waals surface area contributed by atoms with E-state index >= 15 is 0 Å². The van der Waals surface area contributed by atoms with Gasteiger partial charge in [-0.2, -0.15) is 5.26 Å². The molecule has 0 aliphatic heterocycles. The summed E-state index contributed by atoms with van der Waals surface area (Å²) in [6.45, 7) is 0. The maximum absolute atomic E-state index is 7.87. The zero-order valence-electron chi connectivity index (χ0n) is 3.20. The highest BCUT2D eigenvalue weighted by atomic mass is 32.1. The van der Waals surface area contributed by atoms with Crippen LogP contribution in [0.15, 0.2) is 4.36 Å². The van der Waals surface area contributed by atoms with Crippen LogP contribution < -0.4 is 0 Å². The second kappa shape index (κ2) is 3.49. The van der Waals surface area contributed by atoms with E-state index < -0.39 is 5.24 Å². The first-order valence-corrected chi connectivity index (χ1v) is 2.05. The van der Waals surface area contributed by atoms with E-state index in [2.05, 4.69) is 4.36 Å². The van der Waals surface area contributed by atoms with Crippen molar-refractivity contribution in [2.75, 3.05) is 0 Å². The molecule has 0 fully saturated rings. The van der Waals surface area contributed by atoms with Gasteiger partial charge in [-0.25, -0.2) is 0 Å². The average molecular weight is 118 g/mol. The summed E-state index contributed by atoms with van der Waals surface area (Å²) >= 11 is 0.323. The Kier molecular flexibility index (Phi) is 3.14. The Morgan fingerprint density at radius 3 is 2.43 bits per heavy atom. The molecule has 0 unspecified atom stereocenters. The van der Waals surface area contributed by atoms with E-state index in [1.165, 1.54) is 6.19 Å². The van der Waals surface area contributed by atoms with Gasteiger partial charge < -0.3 is 10.2 Å². The van der Waals surface area contributed by atoms with Crippen LogP contribution in [0.1, 0.15) is 0 Å². The lowest BCUT2D eigenvalue weighted by atomic mass is 11.5. The van der Waals surface area contributed by atoms with Crippen LogP contribution >= 0.6 is 0 Å². The van der Waals surface area contributed by atoms with E-state index in [4.69, 9.17) is 15.5 Å². The highest BCUT2D eigenvalue weighted by Gasteiger charge is 1.68. The minimum Gasteiger partial charge on any atom is -0.332 e. The van der Waals surface area contributed by atoms with Crippen molar-refractivity contribution in [2.45, 2.75) is 0 Å². The summed E-state index contributed by atoms with van der Waals surface area (Å²) < 4.78 is 2.86. The molecule has 0 saturated carbocycles. The van der Waals surface area contributed by atoms with Crippen LogP contribution in [-0.4, -0.2) is 15.4 Å². The molecule has 0 aromatic rings. The van der Waals surface area contributed by atoms with E-state index in [1.807, 2.05) is 0 Å². The zero-order valence-corrected chi connectivity index (χ0v) is 4.01. The molecule has 2 N–H and O–H groups in total. The minimum atomic E-state index is -0.915. The number of nitrogens with zero attached hydrogens (tertiary/aromatic N) is 2. The van der Waals surface area contributed by atoms with Crippen molar-refractivity contribution in [1.29, 1.82) is 5.26 Å². The molecule has 0 amide bonds. The molecule has 0 aromatic heterocycles. The van der Waals surface area contributed by atoms with Crippen molar-refractivity contribution in [2.24, 2.45) is 4.36 Å². The number of aliphatic hydroxyl groups is 2. The highest BCUT2D eigenvalue weighted by molar-refractivity contribution is 7.68. The van der Waals surface area contributed by atoms with Gasteiger partial charge in [0.2, 0.25) is 6.19 Å². The summed E-state index contributed by atoms with van der Waals surface area (Å²) in [5.74, 6) is 0. The molecule has 0 aliphatic rings. The monoisotopic (exact) mass is 118 g/mol. The van der Waals surface area contributed by atoms with E-state index in [9.17, 15) is 0 Å². The molecule has 0 rings (SSSR count). The largest absolute Gasteiger partial charge is 0.332 e. The van der Waals surface area contributed by atoms with Gasteiger partial charge in [0, 0.05) is 11.1 Å². The third-order valence-corrected chi connectivity index (χ3v) is 0.504. The van der Waals surface area contributed by atoms with Crippen LogP contribution in [0.4, 0.5) is 0 Å². The van der Waals surface area contributed by atoms with Gasteiger partial charge >= 0.3 is 0 Å². The molecular weight excluding hydrogens is 116 g/mol. The Bertz CT molecular complexity index is 148. The third kappa shape index (κ3) is 5.30. The normalized spacial score (nSPS) is 6.43. The molecule has 0 bridgehead atoms. The van der Waals surface area contributed by atoms with Crippen molar-refractivity contribution < 1.29 is 10.2 Å². The second-order valence-corrected chi connectivity index (χ2v) is 1.30. The van der Waals surface area contributed by atoms with Crippen LogP contribution in [0.2, 0.25) is 0 Å². The van der Waals surface area contributed by atoms with E-state index in [0.29, 0.717) is 11.1 Å². The SMILES string of the molecule is N#CN=S=C(O)O. The maximum atomic E-state index is 7.87. The molecule has 0 heterocycles. The summed E-state index contributed by atoms with van der Waals surface area (Å²) in [5.41, 5.74) is 0. The summed E-state index contributed by atoms with van der Waals surface area (Å²) in [6, 6.07) is 0. The fourth-order valence-corrected chi connectivity index (χ4v) is 0.184. The van der Waals surface area contributed by atoms with Crippen LogP contribution in [0.3, 0.4) is 0 Å². The number of hydrogen-bond donors (Lipinski definition) is 2. The van der Waals surface area contributed by atoms with Crippen molar-refractivity contribution in [3.8, 4) is 6.19 Å². The Labute approximate surface area is 43.3 Å². The predicted octanol–water partition coefficient (Wildman–Crippen LogP) is -0.0629. The fourth-order valence-electron chi connectivity index (χ4n) is 0.0612. The fraction of sp³-hybridized carbons (Fsp3) is 0. The Hall–Kier alpha value is -0.700. The van der Waals surface area contributed by atoms with Crippen molar-refractivity contribution in [1.82, 2.24) is 0 Å². The van der Waals surface area contributed by atoms with Gasteiger partial charge in [-0.05, 0) is 0 Å². The first kappa shape index (κ1) is 6.30. The van der Waals surface area contributed by atoms with E-state index in [1.54, 1.807) is 0 Å². The number of aliphatic hydroxyl groups excluding tert-OH is 1. The van der Waals surface area contributed by atoms with Gasteiger partial charge in [0.15, 0.2) is 0 Å². The Balaban J connectivity index is 3.95. The molecule has 0 atom stereocenters. The molecule has 0 spiro atoms. The molecule has 7 heavy (non-hydrogen) atoms. The lowest BCUT2D eigenvalue weighted by Crippen LogP contribution is -1.87. The van der Waals surface area contributed by atoms with E-state index in [0.717, 1.165) is 0 Å². The maximum Gasteiger partial charge on any atom is 0.256 e. The van der Waals surface area contributed by atoms with Crippen LogP contribution in [0, 0.1) is 11.5 Å². The van der Waals surface area contributed by atoms with Crippen molar-refractivity contribution >= 4 is 16.4 Å². The minimum absolute atomic E-state index is 0.323. The average Bonchev–Trinajstić information content (AvgIpc) is 1.61. The standard InChI is InChI=1S/C2H2N2O2S/c3-1-4-7-2(5)6/h5-6H. The first-order chi connectivity index (χ1) is 3.27. The van der Waals surface area contributed by atoms with Crippen LogP contribution in [0.25, 0.3) is 0 Å². The zero-order chi connectivity index (χ0) is 5.70. The summed E-state index contributed by atoms with van der Waals surface area (Å²) in [5, 5.41) is 22.5. The van der Waals surface area contributed by atoms with E-state index in [-0.39, 0.29) is 0 Å². The topological polar surface area (TPSA) is 76.6 Å². The quantitative estimate of drug-likeness (QED) is 0.345. The highest BCUT2D eigenvalue weighted by Crippen LogP contribution is 1.54. The summed E-state index contributed by atoms with van der Waals surface area (Å²) in [6.07, 6.45) is 1.35. The van der Waals surface area contributed by atoms with Gasteiger partial charge in [-0.3, -0.25) is 0 Å². The third-order valence-electron chi connectivity index (χ3n) is 0.168.